The number of aryl methyl sites for hydroxylation is 4. The molecule has 26 heavy (non-hydrogen) atoms. The number of H-pyrrole nitrogens is 1. The van der Waals surface area contributed by atoms with Crippen LogP contribution in [-0.4, -0.2) is 20.4 Å². The average Bonchev–Trinajstić information content (AvgIpc) is 2.99. The van der Waals surface area contributed by atoms with Crippen LogP contribution in [0.5, 0.6) is 0 Å². The van der Waals surface area contributed by atoms with Crippen LogP contribution in [0.15, 0.2) is 29.1 Å². The minimum atomic E-state index is -0.221. The Labute approximate surface area is 151 Å². The van der Waals surface area contributed by atoms with E-state index in [2.05, 4.69) is 15.3 Å². The van der Waals surface area contributed by atoms with E-state index in [9.17, 15) is 9.59 Å². The smallest absolute Gasteiger partial charge is 0.253 e. The summed E-state index contributed by atoms with van der Waals surface area (Å²) in [7, 11) is 1.76. The van der Waals surface area contributed by atoms with E-state index in [0.29, 0.717) is 5.56 Å². The number of imidazole rings is 1. The molecule has 3 aromatic rings. The standard InChI is InChI=1S/C20H22N4O2/c1-11-9-13-10-14(7-8-17(13)24(3)20(11)26)23-19(25)15-5-4-6-16-18(15)22-12(2)21-16/h7-10,15H,4-6H2,1-3H3,(H,21,22)(H,23,25). The van der Waals surface area contributed by atoms with Crippen LogP contribution >= 0.6 is 0 Å². The molecule has 1 amide bonds. The lowest BCUT2D eigenvalue weighted by Crippen LogP contribution is -2.25. The number of carbonyl (C=O) groups is 1. The second-order valence-electron chi connectivity index (χ2n) is 7.09. The minimum absolute atomic E-state index is 0.00192. The quantitative estimate of drug-likeness (QED) is 0.746. The van der Waals surface area contributed by atoms with Gasteiger partial charge < -0.3 is 14.9 Å². The monoisotopic (exact) mass is 350 g/mol. The Hall–Kier alpha value is -2.89. The zero-order chi connectivity index (χ0) is 18.4. The van der Waals surface area contributed by atoms with Crippen molar-refractivity contribution >= 4 is 22.5 Å². The second kappa shape index (κ2) is 6.12. The summed E-state index contributed by atoms with van der Waals surface area (Å²) in [5.74, 6) is 0.608. The Morgan fingerprint density at radius 2 is 2.12 bits per heavy atom. The number of aromatic nitrogens is 3. The fourth-order valence-electron chi connectivity index (χ4n) is 3.86. The van der Waals surface area contributed by atoms with Crippen LogP contribution in [0.25, 0.3) is 10.9 Å². The van der Waals surface area contributed by atoms with E-state index in [0.717, 1.165) is 53.1 Å². The lowest BCUT2D eigenvalue weighted by Gasteiger charge is -2.20. The highest BCUT2D eigenvalue weighted by atomic mass is 16.2. The number of amides is 1. The molecule has 0 aliphatic heterocycles. The van der Waals surface area contributed by atoms with Crippen molar-refractivity contribution in [3.05, 3.63) is 57.4 Å². The summed E-state index contributed by atoms with van der Waals surface area (Å²) in [5, 5.41) is 3.96. The third-order valence-electron chi connectivity index (χ3n) is 5.17. The van der Waals surface area contributed by atoms with Crippen LogP contribution in [0.3, 0.4) is 0 Å². The first-order chi connectivity index (χ1) is 12.4. The highest BCUT2D eigenvalue weighted by Crippen LogP contribution is 2.31. The van der Waals surface area contributed by atoms with Gasteiger partial charge in [0.15, 0.2) is 0 Å². The van der Waals surface area contributed by atoms with Gasteiger partial charge in [0, 0.05) is 29.4 Å². The number of hydrogen-bond acceptors (Lipinski definition) is 3. The Balaban J connectivity index is 1.64. The third-order valence-corrected chi connectivity index (χ3v) is 5.17. The lowest BCUT2D eigenvalue weighted by molar-refractivity contribution is -0.118. The van der Waals surface area contributed by atoms with E-state index in [1.54, 1.807) is 18.5 Å². The van der Waals surface area contributed by atoms with Gasteiger partial charge in [0.25, 0.3) is 5.56 Å². The zero-order valence-corrected chi connectivity index (χ0v) is 15.2. The summed E-state index contributed by atoms with van der Waals surface area (Å²) >= 11 is 0. The Morgan fingerprint density at radius 3 is 2.92 bits per heavy atom. The summed E-state index contributed by atoms with van der Waals surface area (Å²) in [6, 6.07) is 7.49. The van der Waals surface area contributed by atoms with Gasteiger partial charge in [-0.25, -0.2) is 4.98 Å². The molecule has 6 nitrogen and oxygen atoms in total. The predicted octanol–water partition coefficient (Wildman–Crippen LogP) is 2.94. The van der Waals surface area contributed by atoms with Gasteiger partial charge in [0.05, 0.1) is 17.1 Å². The molecule has 0 spiro atoms. The summed E-state index contributed by atoms with van der Waals surface area (Å²) < 4.78 is 1.64. The van der Waals surface area contributed by atoms with Crippen molar-refractivity contribution in [3.63, 3.8) is 0 Å². The summed E-state index contributed by atoms with van der Waals surface area (Å²) in [6.45, 7) is 3.72. The molecule has 0 bridgehead atoms. The number of hydrogen-bond donors (Lipinski definition) is 2. The molecule has 1 aromatic carbocycles. The van der Waals surface area contributed by atoms with Crippen molar-refractivity contribution in [2.24, 2.45) is 7.05 Å². The summed E-state index contributed by atoms with van der Waals surface area (Å²) in [5.41, 5.74) is 4.23. The maximum atomic E-state index is 12.8. The van der Waals surface area contributed by atoms with E-state index in [-0.39, 0.29) is 17.4 Å². The first kappa shape index (κ1) is 16.6. The van der Waals surface area contributed by atoms with Crippen molar-refractivity contribution in [3.8, 4) is 0 Å². The fourth-order valence-corrected chi connectivity index (χ4v) is 3.86. The van der Waals surface area contributed by atoms with Gasteiger partial charge in [-0.2, -0.15) is 0 Å². The fraction of sp³-hybridized carbons (Fsp3) is 0.350. The van der Waals surface area contributed by atoms with Gasteiger partial charge in [-0.05, 0) is 57.4 Å². The maximum absolute atomic E-state index is 12.8. The Morgan fingerprint density at radius 1 is 1.31 bits per heavy atom. The molecular formula is C20H22N4O2. The minimum Gasteiger partial charge on any atom is -0.346 e. The molecule has 6 heteroatoms. The van der Waals surface area contributed by atoms with Crippen molar-refractivity contribution < 1.29 is 4.79 Å². The molecule has 0 fully saturated rings. The average molecular weight is 350 g/mol. The SMILES string of the molecule is Cc1nc2c([nH]1)CCCC2C(=O)Nc1ccc2c(c1)cc(C)c(=O)n2C. The Kier molecular flexibility index (Phi) is 3.90. The number of nitrogens with one attached hydrogen (secondary N) is 2. The van der Waals surface area contributed by atoms with Gasteiger partial charge in [-0.3, -0.25) is 9.59 Å². The number of rotatable bonds is 2. The Bertz CT molecular complexity index is 1080. The molecular weight excluding hydrogens is 328 g/mol. The molecule has 1 aliphatic carbocycles. The molecule has 2 heterocycles. The number of carbonyl (C=O) groups excluding carboxylic acids is 1. The molecule has 0 radical (unpaired) electrons. The van der Waals surface area contributed by atoms with Crippen molar-refractivity contribution in [1.82, 2.24) is 14.5 Å². The molecule has 2 aromatic heterocycles. The lowest BCUT2D eigenvalue weighted by atomic mass is 9.89. The van der Waals surface area contributed by atoms with Gasteiger partial charge in [-0.15, -0.1) is 0 Å². The summed E-state index contributed by atoms with van der Waals surface area (Å²) in [6.07, 6.45) is 2.74. The van der Waals surface area contributed by atoms with E-state index < -0.39 is 0 Å². The highest BCUT2D eigenvalue weighted by Gasteiger charge is 2.29. The van der Waals surface area contributed by atoms with Crippen molar-refractivity contribution in [2.45, 2.75) is 39.0 Å². The van der Waals surface area contributed by atoms with Crippen LogP contribution in [0.2, 0.25) is 0 Å². The summed E-state index contributed by atoms with van der Waals surface area (Å²) in [4.78, 5) is 32.7. The van der Waals surface area contributed by atoms with Crippen LogP contribution in [0, 0.1) is 13.8 Å². The highest BCUT2D eigenvalue weighted by molar-refractivity contribution is 5.97. The van der Waals surface area contributed by atoms with E-state index >= 15 is 0 Å². The van der Waals surface area contributed by atoms with Crippen LogP contribution in [-0.2, 0) is 18.3 Å². The molecule has 1 atom stereocenters. The maximum Gasteiger partial charge on any atom is 0.253 e. The molecule has 1 aliphatic rings. The molecule has 134 valence electrons. The number of nitrogens with zero attached hydrogens (tertiary/aromatic N) is 2. The molecule has 0 saturated carbocycles. The second-order valence-corrected chi connectivity index (χ2v) is 7.09. The third kappa shape index (κ3) is 2.71. The molecule has 0 saturated heterocycles. The van der Waals surface area contributed by atoms with Crippen molar-refractivity contribution in [1.29, 1.82) is 0 Å². The van der Waals surface area contributed by atoms with Gasteiger partial charge in [0.2, 0.25) is 5.91 Å². The van der Waals surface area contributed by atoms with E-state index in [4.69, 9.17) is 0 Å². The number of pyridine rings is 1. The van der Waals surface area contributed by atoms with Gasteiger partial charge in [-0.1, -0.05) is 0 Å². The predicted molar refractivity (Wildman–Crippen MR) is 102 cm³/mol. The zero-order valence-electron chi connectivity index (χ0n) is 15.2. The van der Waals surface area contributed by atoms with Crippen LogP contribution in [0.1, 0.15) is 41.5 Å². The van der Waals surface area contributed by atoms with Crippen molar-refractivity contribution in [2.75, 3.05) is 5.32 Å². The van der Waals surface area contributed by atoms with E-state index in [1.807, 2.05) is 31.2 Å². The molecule has 1 unspecified atom stereocenters. The molecule has 2 N–H and O–H groups in total. The van der Waals surface area contributed by atoms with Crippen LogP contribution < -0.4 is 10.9 Å². The number of anilines is 1. The normalized spacial score (nSPS) is 16.5. The van der Waals surface area contributed by atoms with E-state index in [1.165, 1.54) is 0 Å². The van der Waals surface area contributed by atoms with Gasteiger partial charge in [0.1, 0.15) is 5.82 Å². The number of aromatic amines is 1. The molecule has 4 rings (SSSR count). The number of benzene rings is 1. The number of fused-ring (bicyclic) bond motifs is 2. The van der Waals surface area contributed by atoms with Crippen LogP contribution in [0.4, 0.5) is 5.69 Å². The first-order valence-electron chi connectivity index (χ1n) is 8.90. The van der Waals surface area contributed by atoms with Gasteiger partial charge >= 0.3 is 0 Å². The largest absolute Gasteiger partial charge is 0.346 e. The first-order valence-corrected chi connectivity index (χ1v) is 8.90. The topological polar surface area (TPSA) is 79.8 Å².